The molecule has 0 fully saturated rings. The van der Waals surface area contributed by atoms with Gasteiger partial charge >= 0.3 is 0 Å². The number of nitrogens with zero attached hydrogens (tertiary/aromatic N) is 2. The first-order valence-corrected chi connectivity index (χ1v) is 8.07. The molecule has 0 saturated carbocycles. The molecule has 0 radical (unpaired) electrons. The highest BCUT2D eigenvalue weighted by molar-refractivity contribution is 5.95. The van der Waals surface area contributed by atoms with Gasteiger partial charge < -0.3 is 0 Å². The van der Waals surface area contributed by atoms with Crippen molar-refractivity contribution < 1.29 is 14.8 Å². The van der Waals surface area contributed by atoms with Gasteiger partial charge in [-0.1, -0.05) is 42.5 Å². The zero-order chi connectivity index (χ0) is 19.1. The van der Waals surface area contributed by atoms with Crippen LogP contribution in [0.1, 0.15) is 26.4 Å². The fourth-order valence-corrected chi connectivity index (χ4v) is 2.37. The van der Waals surface area contributed by atoms with Gasteiger partial charge in [0.1, 0.15) is 5.69 Å². The maximum atomic E-state index is 12.2. The van der Waals surface area contributed by atoms with Gasteiger partial charge in [-0.3, -0.25) is 19.8 Å². The highest BCUT2D eigenvalue weighted by atomic mass is 16.5. The molecule has 134 valence electrons. The van der Waals surface area contributed by atoms with Crippen LogP contribution >= 0.6 is 0 Å². The summed E-state index contributed by atoms with van der Waals surface area (Å²) in [6.07, 6.45) is 3.02. The lowest BCUT2D eigenvalue weighted by atomic mass is 10.1. The lowest BCUT2D eigenvalue weighted by Gasteiger charge is -2.04. The van der Waals surface area contributed by atoms with Crippen LogP contribution in [0.15, 0.2) is 78.0 Å². The van der Waals surface area contributed by atoms with Crippen LogP contribution in [0.5, 0.6) is 0 Å². The summed E-state index contributed by atoms with van der Waals surface area (Å²) in [6.45, 7) is 0. The Hall–Kier alpha value is -3.84. The van der Waals surface area contributed by atoms with E-state index in [0.717, 1.165) is 11.1 Å². The smallest absolute Gasteiger partial charge is 0.288 e. The van der Waals surface area contributed by atoms with Crippen molar-refractivity contribution in [2.24, 2.45) is 5.10 Å². The molecule has 0 aliphatic rings. The molecule has 3 rings (SSSR count). The minimum atomic E-state index is -0.601. The monoisotopic (exact) mass is 360 g/mol. The van der Waals surface area contributed by atoms with Crippen molar-refractivity contribution in [2.75, 3.05) is 0 Å². The maximum Gasteiger partial charge on any atom is 0.289 e. The zero-order valence-corrected chi connectivity index (χ0v) is 14.2. The Morgan fingerprint density at radius 3 is 2.37 bits per heavy atom. The van der Waals surface area contributed by atoms with Crippen LogP contribution in [0.2, 0.25) is 0 Å². The molecule has 0 unspecified atom stereocenters. The predicted molar refractivity (Wildman–Crippen MR) is 100 cm³/mol. The third-order valence-electron chi connectivity index (χ3n) is 3.75. The first-order chi connectivity index (χ1) is 13.2. The van der Waals surface area contributed by atoms with Gasteiger partial charge in [-0.05, 0) is 41.0 Å². The fraction of sp³-hybridized carbons (Fsp3) is 0. The van der Waals surface area contributed by atoms with Crippen LogP contribution in [0.3, 0.4) is 0 Å². The van der Waals surface area contributed by atoms with E-state index in [1.54, 1.807) is 29.9 Å². The van der Waals surface area contributed by atoms with Crippen LogP contribution < -0.4 is 10.9 Å². The van der Waals surface area contributed by atoms with Gasteiger partial charge in [-0.15, -0.1) is 0 Å². The number of amides is 2. The second kappa shape index (κ2) is 8.50. The zero-order valence-electron chi connectivity index (χ0n) is 14.2. The van der Waals surface area contributed by atoms with Crippen molar-refractivity contribution in [1.82, 2.24) is 15.9 Å². The number of hydroxylamine groups is 1. The number of carbonyl (C=O) groups is 2. The van der Waals surface area contributed by atoms with Crippen molar-refractivity contribution in [3.63, 3.8) is 0 Å². The van der Waals surface area contributed by atoms with Gasteiger partial charge in [0.15, 0.2) is 0 Å². The summed E-state index contributed by atoms with van der Waals surface area (Å²) in [5.41, 5.74) is 7.09. The number of hydrazone groups is 1. The number of carbonyl (C=O) groups excluding carboxylic acids is 2. The minimum Gasteiger partial charge on any atom is -0.288 e. The van der Waals surface area contributed by atoms with E-state index < -0.39 is 11.8 Å². The molecule has 2 amide bonds. The summed E-state index contributed by atoms with van der Waals surface area (Å²) >= 11 is 0. The number of benzene rings is 2. The van der Waals surface area contributed by atoms with Gasteiger partial charge in [0.2, 0.25) is 0 Å². The fourth-order valence-electron chi connectivity index (χ4n) is 2.37. The maximum absolute atomic E-state index is 12.2. The Bertz CT molecular complexity index is 970. The molecule has 0 aliphatic heterocycles. The van der Waals surface area contributed by atoms with Gasteiger partial charge in [-0.2, -0.15) is 5.10 Å². The topological polar surface area (TPSA) is 104 Å². The number of hydrogen-bond donors (Lipinski definition) is 3. The Morgan fingerprint density at radius 1 is 0.926 bits per heavy atom. The molecule has 0 saturated heterocycles. The average molecular weight is 360 g/mol. The summed E-state index contributed by atoms with van der Waals surface area (Å²) in [6, 6.07) is 19.5. The molecule has 7 nitrogen and oxygen atoms in total. The van der Waals surface area contributed by atoms with E-state index in [1.807, 2.05) is 36.4 Å². The number of rotatable bonds is 5. The predicted octanol–water partition coefficient (Wildman–Crippen LogP) is 2.63. The molecule has 0 aliphatic carbocycles. The molecule has 0 spiro atoms. The van der Waals surface area contributed by atoms with Crippen LogP contribution in [-0.2, 0) is 0 Å². The number of hydrogen-bond acceptors (Lipinski definition) is 5. The summed E-state index contributed by atoms with van der Waals surface area (Å²) in [7, 11) is 0. The Kier molecular flexibility index (Phi) is 5.66. The first kappa shape index (κ1) is 18.0. The largest absolute Gasteiger partial charge is 0.289 e. The molecule has 3 N–H and O–H groups in total. The second-order valence-corrected chi connectivity index (χ2v) is 5.56. The van der Waals surface area contributed by atoms with E-state index >= 15 is 0 Å². The molecular weight excluding hydrogens is 344 g/mol. The molecular formula is C20H16N4O3. The first-order valence-electron chi connectivity index (χ1n) is 8.07. The van der Waals surface area contributed by atoms with Gasteiger partial charge in [0.25, 0.3) is 11.8 Å². The van der Waals surface area contributed by atoms with E-state index in [4.69, 9.17) is 5.21 Å². The van der Waals surface area contributed by atoms with Crippen molar-refractivity contribution in [3.05, 3.63) is 89.7 Å². The van der Waals surface area contributed by atoms with Gasteiger partial charge in [-0.25, -0.2) is 10.9 Å². The number of pyridine rings is 1. The molecule has 1 aromatic heterocycles. The van der Waals surface area contributed by atoms with E-state index in [1.165, 1.54) is 18.3 Å². The molecule has 27 heavy (non-hydrogen) atoms. The van der Waals surface area contributed by atoms with Crippen LogP contribution in [0.25, 0.3) is 11.1 Å². The average Bonchev–Trinajstić information content (AvgIpc) is 2.74. The molecule has 2 aromatic carbocycles. The van der Waals surface area contributed by atoms with Crippen LogP contribution in [0, 0.1) is 0 Å². The number of nitrogens with one attached hydrogen (secondary N) is 2. The lowest BCUT2D eigenvalue weighted by molar-refractivity contribution is 0.0706. The summed E-state index contributed by atoms with van der Waals surface area (Å²) < 4.78 is 0. The highest BCUT2D eigenvalue weighted by Gasteiger charge is 2.08. The molecule has 0 bridgehead atoms. The van der Waals surface area contributed by atoms with Crippen molar-refractivity contribution in [2.45, 2.75) is 0 Å². The second-order valence-electron chi connectivity index (χ2n) is 5.56. The van der Waals surface area contributed by atoms with E-state index in [0.29, 0.717) is 11.1 Å². The van der Waals surface area contributed by atoms with Crippen LogP contribution in [-0.4, -0.2) is 28.2 Å². The summed E-state index contributed by atoms with van der Waals surface area (Å²) in [4.78, 5) is 27.6. The SMILES string of the molecule is O=C(NO)c1ccc(/C=N/NC(=O)c2cc(-c3ccccc3)ccn2)cc1. The van der Waals surface area contributed by atoms with Crippen molar-refractivity contribution in [3.8, 4) is 11.1 Å². The number of aromatic nitrogens is 1. The van der Waals surface area contributed by atoms with Crippen LogP contribution in [0.4, 0.5) is 0 Å². The molecule has 3 aromatic rings. The minimum absolute atomic E-state index is 0.253. The summed E-state index contributed by atoms with van der Waals surface area (Å²) in [5, 5.41) is 12.5. The summed E-state index contributed by atoms with van der Waals surface area (Å²) in [5.74, 6) is -1.03. The van der Waals surface area contributed by atoms with Crippen molar-refractivity contribution in [1.29, 1.82) is 0 Å². The van der Waals surface area contributed by atoms with E-state index in [-0.39, 0.29) is 5.69 Å². The van der Waals surface area contributed by atoms with E-state index in [9.17, 15) is 9.59 Å². The standard InChI is InChI=1S/C20H16N4O3/c25-19(24-27)16-8-6-14(7-9-16)13-22-23-20(26)18-12-17(10-11-21-18)15-4-2-1-3-5-15/h1-13,27H,(H,23,26)(H,24,25)/b22-13+. The quantitative estimate of drug-likeness (QED) is 0.370. The van der Waals surface area contributed by atoms with E-state index in [2.05, 4.69) is 15.5 Å². The highest BCUT2D eigenvalue weighted by Crippen LogP contribution is 2.18. The molecule has 1 heterocycles. The Balaban J connectivity index is 1.66. The molecule has 0 atom stereocenters. The lowest BCUT2D eigenvalue weighted by Crippen LogP contribution is -2.19. The Labute approximate surface area is 155 Å². The van der Waals surface area contributed by atoms with Gasteiger partial charge in [0, 0.05) is 11.8 Å². The Morgan fingerprint density at radius 2 is 1.67 bits per heavy atom. The normalized spacial score (nSPS) is 10.6. The van der Waals surface area contributed by atoms with Crippen molar-refractivity contribution >= 4 is 18.0 Å². The molecule has 7 heteroatoms. The third kappa shape index (κ3) is 4.62. The third-order valence-corrected chi connectivity index (χ3v) is 3.75. The van der Waals surface area contributed by atoms with Gasteiger partial charge in [0.05, 0.1) is 6.21 Å².